The minimum absolute atomic E-state index is 0.247. The van der Waals surface area contributed by atoms with Crippen LogP contribution >= 0.6 is 22.6 Å². The Balaban J connectivity index is 2.28. The highest BCUT2D eigenvalue weighted by Crippen LogP contribution is 2.14. The van der Waals surface area contributed by atoms with Gasteiger partial charge < -0.3 is 5.73 Å². The molecule has 0 saturated heterocycles. The molecule has 0 radical (unpaired) electrons. The SMILES string of the molecule is Nc1nc(Cc2ccccc2F)ncc1I. The minimum Gasteiger partial charge on any atom is -0.383 e. The van der Waals surface area contributed by atoms with Gasteiger partial charge in [-0.3, -0.25) is 0 Å². The molecular weight excluding hydrogens is 320 g/mol. The van der Waals surface area contributed by atoms with Crippen molar-refractivity contribution in [3.8, 4) is 0 Å². The monoisotopic (exact) mass is 329 g/mol. The summed E-state index contributed by atoms with van der Waals surface area (Å²) in [6.07, 6.45) is 1.99. The molecule has 16 heavy (non-hydrogen) atoms. The lowest BCUT2D eigenvalue weighted by molar-refractivity contribution is 0.612. The molecule has 0 aliphatic heterocycles. The summed E-state index contributed by atoms with van der Waals surface area (Å²) >= 11 is 2.05. The molecule has 2 N–H and O–H groups in total. The third-order valence-electron chi connectivity index (χ3n) is 2.13. The molecule has 0 amide bonds. The molecule has 0 unspecified atom stereocenters. The van der Waals surface area contributed by atoms with Crippen LogP contribution in [0.15, 0.2) is 30.5 Å². The summed E-state index contributed by atoms with van der Waals surface area (Å²) in [6.45, 7) is 0. The van der Waals surface area contributed by atoms with Crippen molar-refractivity contribution in [2.24, 2.45) is 0 Å². The number of hydrogen-bond donors (Lipinski definition) is 1. The van der Waals surface area contributed by atoms with Crippen LogP contribution in [0.2, 0.25) is 0 Å². The van der Waals surface area contributed by atoms with Crippen molar-refractivity contribution in [2.45, 2.75) is 6.42 Å². The predicted octanol–water partition coefficient (Wildman–Crippen LogP) is 2.39. The molecule has 2 aromatic rings. The van der Waals surface area contributed by atoms with E-state index in [4.69, 9.17) is 5.73 Å². The van der Waals surface area contributed by atoms with Gasteiger partial charge in [-0.25, -0.2) is 14.4 Å². The van der Waals surface area contributed by atoms with E-state index in [9.17, 15) is 4.39 Å². The minimum atomic E-state index is -0.247. The lowest BCUT2D eigenvalue weighted by Gasteiger charge is -2.03. The quantitative estimate of drug-likeness (QED) is 0.861. The molecule has 2 rings (SSSR count). The largest absolute Gasteiger partial charge is 0.383 e. The molecule has 0 atom stereocenters. The second-order valence-electron chi connectivity index (χ2n) is 3.29. The Morgan fingerprint density at radius 2 is 2.06 bits per heavy atom. The fraction of sp³-hybridized carbons (Fsp3) is 0.0909. The average Bonchev–Trinajstić information content (AvgIpc) is 2.27. The van der Waals surface area contributed by atoms with Crippen LogP contribution in [0.4, 0.5) is 10.2 Å². The highest BCUT2D eigenvalue weighted by molar-refractivity contribution is 14.1. The zero-order valence-electron chi connectivity index (χ0n) is 8.32. The van der Waals surface area contributed by atoms with Gasteiger partial charge >= 0.3 is 0 Å². The van der Waals surface area contributed by atoms with Crippen molar-refractivity contribution in [3.63, 3.8) is 0 Å². The van der Waals surface area contributed by atoms with E-state index in [1.54, 1.807) is 24.4 Å². The smallest absolute Gasteiger partial charge is 0.140 e. The summed E-state index contributed by atoms with van der Waals surface area (Å²) in [5, 5.41) is 0. The molecule has 1 heterocycles. The van der Waals surface area contributed by atoms with Gasteiger partial charge in [0.2, 0.25) is 0 Å². The van der Waals surface area contributed by atoms with Crippen molar-refractivity contribution in [1.29, 1.82) is 0 Å². The molecule has 3 nitrogen and oxygen atoms in total. The first-order valence-electron chi connectivity index (χ1n) is 4.67. The number of nitrogens with two attached hydrogens (primary N) is 1. The van der Waals surface area contributed by atoms with Gasteiger partial charge in [-0.2, -0.15) is 0 Å². The Kier molecular flexibility index (Phi) is 3.33. The van der Waals surface area contributed by atoms with Gasteiger partial charge in [-0.1, -0.05) is 18.2 Å². The van der Waals surface area contributed by atoms with Gasteiger partial charge in [0.15, 0.2) is 0 Å². The van der Waals surface area contributed by atoms with Gasteiger partial charge in [0.25, 0.3) is 0 Å². The second-order valence-corrected chi connectivity index (χ2v) is 4.45. The highest BCUT2D eigenvalue weighted by atomic mass is 127. The van der Waals surface area contributed by atoms with Crippen molar-refractivity contribution in [1.82, 2.24) is 9.97 Å². The van der Waals surface area contributed by atoms with Crippen molar-refractivity contribution in [3.05, 3.63) is 51.2 Å². The first-order chi connectivity index (χ1) is 7.66. The Labute approximate surface area is 106 Å². The molecule has 0 aliphatic rings. The normalized spacial score (nSPS) is 10.4. The maximum absolute atomic E-state index is 13.4. The average molecular weight is 329 g/mol. The van der Waals surface area contributed by atoms with Gasteiger partial charge in [0, 0.05) is 12.6 Å². The second kappa shape index (κ2) is 4.73. The van der Waals surface area contributed by atoms with E-state index >= 15 is 0 Å². The maximum atomic E-state index is 13.4. The molecule has 0 aliphatic carbocycles. The van der Waals surface area contributed by atoms with Crippen LogP contribution < -0.4 is 5.73 Å². The fourth-order valence-corrected chi connectivity index (χ4v) is 1.58. The van der Waals surface area contributed by atoms with Gasteiger partial charge in [0.1, 0.15) is 17.5 Å². The van der Waals surface area contributed by atoms with Crippen LogP contribution in [-0.4, -0.2) is 9.97 Å². The summed E-state index contributed by atoms with van der Waals surface area (Å²) in [5.41, 5.74) is 6.23. The molecule has 1 aromatic carbocycles. The van der Waals surface area contributed by atoms with Crippen LogP contribution in [-0.2, 0) is 6.42 Å². The molecular formula is C11H9FIN3. The first kappa shape index (κ1) is 11.3. The van der Waals surface area contributed by atoms with Crippen LogP contribution in [0, 0.1) is 9.39 Å². The standard InChI is InChI=1S/C11H9FIN3/c12-8-4-2-1-3-7(8)5-10-15-6-9(13)11(14)16-10/h1-4,6H,5H2,(H2,14,15,16). The fourth-order valence-electron chi connectivity index (χ4n) is 1.32. The number of nitrogens with zero attached hydrogens (tertiary/aromatic N) is 2. The van der Waals surface area contributed by atoms with E-state index in [0.717, 1.165) is 3.57 Å². The van der Waals surface area contributed by atoms with E-state index < -0.39 is 0 Å². The number of halogens is 2. The molecule has 1 aromatic heterocycles. The third-order valence-corrected chi connectivity index (χ3v) is 2.96. The summed E-state index contributed by atoms with van der Waals surface area (Å²) in [5.74, 6) is 0.716. The number of hydrogen-bond acceptors (Lipinski definition) is 3. The number of rotatable bonds is 2. The molecule has 0 saturated carbocycles. The topological polar surface area (TPSA) is 51.8 Å². The zero-order chi connectivity index (χ0) is 11.5. The Hall–Kier alpha value is -1.24. The number of anilines is 1. The van der Waals surface area contributed by atoms with E-state index in [1.165, 1.54) is 6.07 Å². The molecule has 82 valence electrons. The first-order valence-corrected chi connectivity index (χ1v) is 5.75. The van der Waals surface area contributed by atoms with Crippen LogP contribution in [0.3, 0.4) is 0 Å². The van der Waals surface area contributed by atoms with Crippen LogP contribution in [0.5, 0.6) is 0 Å². The van der Waals surface area contributed by atoms with Crippen LogP contribution in [0.25, 0.3) is 0 Å². The zero-order valence-corrected chi connectivity index (χ0v) is 10.5. The van der Waals surface area contributed by atoms with E-state index in [2.05, 4.69) is 32.6 Å². The molecule has 5 heteroatoms. The Bertz CT molecular complexity index is 516. The molecule has 0 fully saturated rings. The highest BCUT2D eigenvalue weighted by Gasteiger charge is 2.06. The Morgan fingerprint density at radius 1 is 1.31 bits per heavy atom. The third kappa shape index (κ3) is 2.46. The summed E-state index contributed by atoms with van der Waals surface area (Å²) < 4.78 is 14.2. The molecule has 0 bridgehead atoms. The summed E-state index contributed by atoms with van der Waals surface area (Å²) in [7, 11) is 0. The lowest BCUT2D eigenvalue weighted by Crippen LogP contribution is -2.03. The predicted molar refractivity (Wildman–Crippen MR) is 68.4 cm³/mol. The number of benzene rings is 1. The molecule has 0 spiro atoms. The number of aromatic nitrogens is 2. The van der Waals surface area contributed by atoms with Crippen molar-refractivity contribution < 1.29 is 4.39 Å². The van der Waals surface area contributed by atoms with E-state index in [-0.39, 0.29) is 5.82 Å². The van der Waals surface area contributed by atoms with E-state index in [0.29, 0.717) is 23.6 Å². The van der Waals surface area contributed by atoms with Gasteiger partial charge in [0.05, 0.1) is 3.57 Å². The van der Waals surface area contributed by atoms with Crippen molar-refractivity contribution >= 4 is 28.4 Å². The summed E-state index contributed by atoms with van der Waals surface area (Å²) in [6, 6.07) is 6.58. The van der Waals surface area contributed by atoms with Crippen LogP contribution in [0.1, 0.15) is 11.4 Å². The lowest BCUT2D eigenvalue weighted by atomic mass is 10.1. The van der Waals surface area contributed by atoms with Crippen molar-refractivity contribution in [2.75, 3.05) is 5.73 Å². The van der Waals surface area contributed by atoms with E-state index in [1.807, 2.05) is 0 Å². The maximum Gasteiger partial charge on any atom is 0.140 e. The van der Waals surface area contributed by atoms with Gasteiger partial charge in [-0.05, 0) is 34.2 Å². The van der Waals surface area contributed by atoms with Gasteiger partial charge in [-0.15, -0.1) is 0 Å². The Morgan fingerprint density at radius 3 is 2.75 bits per heavy atom. The summed E-state index contributed by atoms with van der Waals surface area (Å²) in [4.78, 5) is 8.21. The number of nitrogen functional groups attached to an aromatic ring is 1.